The second kappa shape index (κ2) is 7.81. The van der Waals surface area contributed by atoms with Crippen LogP contribution in [0.5, 0.6) is 0 Å². The van der Waals surface area contributed by atoms with Crippen molar-refractivity contribution in [1.82, 2.24) is 0 Å². The van der Waals surface area contributed by atoms with E-state index in [1.165, 1.54) is 12.7 Å². The quantitative estimate of drug-likeness (QED) is 0.700. The number of hydrogen-bond donors (Lipinski definition) is 1. The van der Waals surface area contributed by atoms with Crippen LogP contribution in [-0.2, 0) is 11.3 Å². The predicted octanol–water partition coefficient (Wildman–Crippen LogP) is 3.56. The fraction of sp³-hybridized carbons (Fsp3) is 0.190. The van der Waals surface area contributed by atoms with Gasteiger partial charge in [-0.15, -0.1) is 0 Å². The van der Waals surface area contributed by atoms with Gasteiger partial charge in [-0.25, -0.2) is 4.79 Å². The van der Waals surface area contributed by atoms with E-state index in [1.807, 2.05) is 30.3 Å². The molecular formula is C21H22NO3+. The Morgan fingerprint density at radius 3 is 2.44 bits per heavy atom. The maximum atomic E-state index is 11.5. The smallest absolute Gasteiger partial charge is 0.337 e. The molecule has 1 aromatic heterocycles. The number of methoxy groups -OCH3 is 1. The minimum Gasteiger partial charge on any atom is -0.465 e. The van der Waals surface area contributed by atoms with E-state index in [9.17, 15) is 4.79 Å². The Kier molecular flexibility index (Phi) is 5.31. The van der Waals surface area contributed by atoms with Gasteiger partial charge in [0.1, 0.15) is 18.3 Å². The molecule has 0 bridgehead atoms. The molecule has 1 heterocycles. The van der Waals surface area contributed by atoms with Crippen molar-refractivity contribution in [3.63, 3.8) is 0 Å². The molecule has 0 aliphatic carbocycles. The molecule has 0 aliphatic rings. The summed E-state index contributed by atoms with van der Waals surface area (Å²) in [6, 6.07) is 22.0. The van der Waals surface area contributed by atoms with Gasteiger partial charge in [0.15, 0.2) is 5.76 Å². The van der Waals surface area contributed by atoms with E-state index >= 15 is 0 Å². The summed E-state index contributed by atoms with van der Waals surface area (Å²) in [4.78, 5) is 11.5. The highest BCUT2D eigenvalue weighted by Gasteiger charge is 2.11. The number of carbonyl (C=O) groups excluding carboxylic acids is 1. The SMILES string of the molecule is COC(=O)c1ccc(-c2ccc(C[NH2+][C@@H](C)c3ccccc3)o2)cc1. The van der Waals surface area contributed by atoms with Gasteiger partial charge in [-0.2, -0.15) is 0 Å². The molecule has 4 heteroatoms. The first-order valence-corrected chi connectivity index (χ1v) is 8.33. The molecule has 0 radical (unpaired) electrons. The Labute approximate surface area is 147 Å². The lowest BCUT2D eigenvalue weighted by atomic mass is 10.1. The van der Waals surface area contributed by atoms with Crippen LogP contribution >= 0.6 is 0 Å². The molecule has 0 aliphatic heterocycles. The van der Waals surface area contributed by atoms with Crippen LogP contribution in [0.25, 0.3) is 11.3 Å². The zero-order valence-corrected chi connectivity index (χ0v) is 14.4. The molecule has 0 fully saturated rings. The number of esters is 1. The number of nitrogens with two attached hydrogens (primary N) is 1. The third-order valence-corrected chi connectivity index (χ3v) is 4.25. The molecule has 3 aromatic rings. The summed E-state index contributed by atoms with van der Waals surface area (Å²) < 4.78 is 10.6. The Morgan fingerprint density at radius 2 is 1.76 bits per heavy atom. The summed E-state index contributed by atoms with van der Waals surface area (Å²) in [6.45, 7) is 2.96. The van der Waals surface area contributed by atoms with Crippen molar-refractivity contribution in [2.45, 2.75) is 19.5 Å². The number of ether oxygens (including phenoxy) is 1. The molecule has 0 saturated heterocycles. The van der Waals surface area contributed by atoms with Crippen molar-refractivity contribution >= 4 is 5.97 Å². The lowest BCUT2D eigenvalue weighted by Crippen LogP contribution is -2.82. The summed E-state index contributed by atoms with van der Waals surface area (Å²) >= 11 is 0. The molecule has 3 rings (SSSR count). The van der Waals surface area contributed by atoms with E-state index in [2.05, 4.69) is 36.5 Å². The maximum absolute atomic E-state index is 11.5. The average molecular weight is 336 g/mol. The van der Waals surface area contributed by atoms with E-state index in [4.69, 9.17) is 9.15 Å². The van der Waals surface area contributed by atoms with Gasteiger partial charge in [0.25, 0.3) is 0 Å². The van der Waals surface area contributed by atoms with E-state index in [-0.39, 0.29) is 5.97 Å². The molecule has 0 saturated carbocycles. The van der Waals surface area contributed by atoms with Gasteiger partial charge in [-0.05, 0) is 31.2 Å². The van der Waals surface area contributed by atoms with Crippen molar-refractivity contribution in [1.29, 1.82) is 0 Å². The van der Waals surface area contributed by atoms with Crippen LogP contribution in [0.4, 0.5) is 0 Å². The van der Waals surface area contributed by atoms with Crippen molar-refractivity contribution < 1.29 is 19.3 Å². The molecule has 0 unspecified atom stereocenters. The van der Waals surface area contributed by atoms with Gasteiger partial charge < -0.3 is 14.5 Å². The first-order valence-electron chi connectivity index (χ1n) is 8.33. The minimum atomic E-state index is -0.337. The largest absolute Gasteiger partial charge is 0.465 e. The summed E-state index contributed by atoms with van der Waals surface area (Å²) in [5.74, 6) is 1.39. The highest BCUT2D eigenvalue weighted by molar-refractivity contribution is 5.89. The third-order valence-electron chi connectivity index (χ3n) is 4.25. The third kappa shape index (κ3) is 4.17. The van der Waals surface area contributed by atoms with Crippen LogP contribution in [-0.4, -0.2) is 13.1 Å². The minimum absolute atomic E-state index is 0.337. The van der Waals surface area contributed by atoms with Crippen molar-refractivity contribution in [2.75, 3.05) is 7.11 Å². The Balaban J connectivity index is 1.63. The molecule has 4 nitrogen and oxygen atoms in total. The van der Waals surface area contributed by atoms with Crippen LogP contribution in [0, 0.1) is 0 Å². The number of benzene rings is 2. The highest BCUT2D eigenvalue weighted by Crippen LogP contribution is 2.22. The first-order chi connectivity index (χ1) is 12.2. The van der Waals surface area contributed by atoms with E-state index in [1.54, 1.807) is 12.1 Å². The van der Waals surface area contributed by atoms with E-state index in [0.29, 0.717) is 11.6 Å². The molecule has 2 N–H and O–H groups in total. The number of carbonyl (C=O) groups is 1. The number of rotatable bonds is 6. The Bertz CT molecular complexity index is 822. The van der Waals surface area contributed by atoms with Crippen LogP contribution < -0.4 is 5.32 Å². The predicted molar refractivity (Wildman–Crippen MR) is 96.0 cm³/mol. The molecule has 25 heavy (non-hydrogen) atoms. The number of quaternary nitrogens is 1. The summed E-state index contributed by atoms with van der Waals surface area (Å²) in [5, 5.41) is 2.25. The van der Waals surface area contributed by atoms with Gasteiger partial charge in [0, 0.05) is 11.1 Å². The van der Waals surface area contributed by atoms with Crippen LogP contribution in [0.3, 0.4) is 0 Å². The topological polar surface area (TPSA) is 56.0 Å². The second-order valence-corrected chi connectivity index (χ2v) is 5.97. The molecule has 0 amide bonds. The van der Waals surface area contributed by atoms with Gasteiger partial charge >= 0.3 is 5.97 Å². The Morgan fingerprint density at radius 1 is 1.04 bits per heavy atom. The van der Waals surface area contributed by atoms with Crippen molar-refractivity contribution in [2.24, 2.45) is 0 Å². The maximum Gasteiger partial charge on any atom is 0.337 e. The fourth-order valence-electron chi connectivity index (χ4n) is 2.72. The second-order valence-electron chi connectivity index (χ2n) is 5.97. The molecule has 2 aromatic carbocycles. The van der Waals surface area contributed by atoms with Crippen LogP contribution in [0.1, 0.15) is 34.6 Å². The summed E-state index contributed by atoms with van der Waals surface area (Å²) in [5.41, 5.74) is 2.77. The normalized spacial score (nSPS) is 11.9. The lowest BCUT2D eigenvalue weighted by molar-refractivity contribution is -0.709. The summed E-state index contributed by atoms with van der Waals surface area (Å²) in [7, 11) is 1.38. The average Bonchev–Trinajstić information content (AvgIpc) is 3.15. The van der Waals surface area contributed by atoms with E-state index < -0.39 is 0 Å². The molecule has 128 valence electrons. The first kappa shape index (κ1) is 17.0. The van der Waals surface area contributed by atoms with Gasteiger partial charge in [0.2, 0.25) is 0 Å². The van der Waals surface area contributed by atoms with Crippen molar-refractivity contribution in [3.8, 4) is 11.3 Å². The monoisotopic (exact) mass is 336 g/mol. The molecular weight excluding hydrogens is 314 g/mol. The fourth-order valence-corrected chi connectivity index (χ4v) is 2.72. The van der Waals surface area contributed by atoms with Gasteiger partial charge in [-0.1, -0.05) is 42.5 Å². The van der Waals surface area contributed by atoms with Gasteiger partial charge in [0.05, 0.1) is 12.7 Å². The zero-order chi connectivity index (χ0) is 17.6. The number of furan rings is 1. The number of hydrogen-bond acceptors (Lipinski definition) is 3. The standard InChI is InChI=1S/C21H21NO3/c1-15(16-6-4-3-5-7-16)22-14-19-12-13-20(25-19)17-8-10-18(11-9-17)21(23)24-2/h3-13,15,22H,14H2,1-2H3/p+1/t15-/m0/s1. The Hall–Kier alpha value is -2.85. The summed E-state index contributed by atoms with van der Waals surface area (Å²) in [6.07, 6.45) is 0. The zero-order valence-electron chi connectivity index (χ0n) is 14.4. The van der Waals surface area contributed by atoms with Crippen molar-refractivity contribution in [3.05, 3.63) is 83.6 Å². The molecule has 1 atom stereocenters. The molecule has 0 spiro atoms. The lowest BCUT2D eigenvalue weighted by Gasteiger charge is -2.09. The van der Waals surface area contributed by atoms with E-state index in [0.717, 1.165) is 23.6 Å². The van der Waals surface area contributed by atoms with Crippen LogP contribution in [0.2, 0.25) is 0 Å². The van der Waals surface area contributed by atoms with Gasteiger partial charge in [-0.3, -0.25) is 0 Å². The highest BCUT2D eigenvalue weighted by atomic mass is 16.5. The van der Waals surface area contributed by atoms with Crippen LogP contribution in [0.15, 0.2) is 71.1 Å².